The van der Waals surface area contributed by atoms with Crippen molar-refractivity contribution in [1.29, 1.82) is 0 Å². The number of hydrogen-bond acceptors (Lipinski definition) is 1. The first-order chi connectivity index (χ1) is 6.27. The van der Waals surface area contributed by atoms with E-state index in [1.54, 1.807) is 0 Å². The molecule has 1 fully saturated rings. The quantitative estimate of drug-likeness (QED) is 0.630. The minimum atomic E-state index is 0.794. The standard InChI is InChI=1S/C12H24N/c1-4-13(5-2)10-11(3)12-8-6-7-9-12/h10-12H,4-9H2,1-3H3. The van der Waals surface area contributed by atoms with Crippen LogP contribution in [0.25, 0.3) is 0 Å². The van der Waals surface area contributed by atoms with Crippen LogP contribution in [0.3, 0.4) is 0 Å². The summed E-state index contributed by atoms with van der Waals surface area (Å²) in [5.41, 5.74) is 0. The van der Waals surface area contributed by atoms with E-state index in [-0.39, 0.29) is 0 Å². The summed E-state index contributed by atoms with van der Waals surface area (Å²) in [4.78, 5) is 2.43. The summed E-state index contributed by atoms with van der Waals surface area (Å²) in [6, 6.07) is 0. The van der Waals surface area contributed by atoms with Gasteiger partial charge in [-0.3, -0.25) is 4.90 Å². The van der Waals surface area contributed by atoms with E-state index in [1.807, 2.05) is 0 Å². The molecule has 1 unspecified atom stereocenters. The fourth-order valence-electron chi connectivity index (χ4n) is 2.37. The molecule has 1 nitrogen and oxygen atoms in total. The number of nitrogens with zero attached hydrogens (tertiary/aromatic N) is 1. The minimum Gasteiger partial charge on any atom is -0.299 e. The van der Waals surface area contributed by atoms with Gasteiger partial charge in [-0.25, -0.2) is 0 Å². The Labute approximate surface area is 83.5 Å². The molecule has 0 heterocycles. The Bertz CT molecular complexity index is 123. The van der Waals surface area contributed by atoms with Gasteiger partial charge in [0.15, 0.2) is 0 Å². The van der Waals surface area contributed by atoms with Gasteiger partial charge in [0, 0.05) is 6.54 Å². The zero-order valence-electron chi connectivity index (χ0n) is 9.42. The lowest BCUT2D eigenvalue weighted by molar-refractivity contribution is 0.277. The summed E-state index contributed by atoms with van der Waals surface area (Å²) in [7, 11) is 0. The lowest BCUT2D eigenvalue weighted by atomic mass is 9.92. The van der Waals surface area contributed by atoms with Crippen molar-refractivity contribution in [3.63, 3.8) is 0 Å². The molecule has 1 atom stereocenters. The van der Waals surface area contributed by atoms with Crippen LogP contribution in [0.4, 0.5) is 0 Å². The molecule has 0 spiro atoms. The maximum absolute atomic E-state index is 2.45. The van der Waals surface area contributed by atoms with Crippen molar-refractivity contribution in [2.75, 3.05) is 13.1 Å². The SMILES string of the molecule is CCN([CH]C(C)C1CCCC1)CC. The van der Waals surface area contributed by atoms with Crippen LogP contribution in [0.5, 0.6) is 0 Å². The smallest absolute Gasteiger partial charge is 0.0282 e. The molecule has 1 aliphatic carbocycles. The van der Waals surface area contributed by atoms with Gasteiger partial charge in [0.2, 0.25) is 0 Å². The van der Waals surface area contributed by atoms with Crippen LogP contribution in [0, 0.1) is 18.4 Å². The maximum atomic E-state index is 2.45. The summed E-state index contributed by atoms with van der Waals surface area (Å²) >= 11 is 0. The summed E-state index contributed by atoms with van der Waals surface area (Å²) in [5.74, 6) is 1.77. The van der Waals surface area contributed by atoms with Crippen LogP contribution in [-0.2, 0) is 0 Å². The highest BCUT2D eigenvalue weighted by molar-refractivity contribution is 4.82. The monoisotopic (exact) mass is 182 g/mol. The highest BCUT2D eigenvalue weighted by atomic mass is 15.1. The highest BCUT2D eigenvalue weighted by Gasteiger charge is 2.22. The summed E-state index contributed by atoms with van der Waals surface area (Å²) < 4.78 is 0. The third-order valence-electron chi connectivity index (χ3n) is 3.40. The van der Waals surface area contributed by atoms with Gasteiger partial charge in [0.25, 0.3) is 0 Å². The fraction of sp³-hybridized carbons (Fsp3) is 0.917. The van der Waals surface area contributed by atoms with Crippen LogP contribution in [0.15, 0.2) is 0 Å². The van der Waals surface area contributed by atoms with Gasteiger partial charge in [0.1, 0.15) is 0 Å². The zero-order chi connectivity index (χ0) is 9.68. The first kappa shape index (κ1) is 11.0. The van der Waals surface area contributed by atoms with Crippen molar-refractivity contribution in [2.45, 2.75) is 46.5 Å². The van der Waals surface area contributed by atoms with E-state index in [9.17, 15) is 0 Å². The van der Waals surface area contributed by atoms with E-state index < -0.39 is 0 Å². The van der Waals surface area contributed by atoms with Gasteiger partial charge in [0.05, 0.1) is 0 Å². The molecule has 1 radical (unpaired) electrons. The van der Waals surface area contributed by atoms with Gasteiger partial charge >= 0.3 is 0 Å². The molecule has 0 amide bonds. The highest BCUT2D eigenvalue weighted by Crippen LogP contribution is 2.32. The van der Waals surface area contributed by atoms with Gasteiger partial charge in [-0.05, 0) is 24.9 Å². The molecule has 1 aliphatic rings. The van der Waals surface area contributed by atoms with Crippen molar-refractivity contribution in [3.8, 4) is 0 Å². The normalized spacial score (nSPS) is 21.2. The van der Waals surface area contributed by atoms with Crippen LogP contribution >= 0.6 is 0 Å². The first-order valence-corrected chi connectivity index (χ1v) is 5.87. The van der Waals surface area contributed by atoms with Crippen LogP contribution in [-0.4, -0.2) is 18.0 Å². The Morgan fingerprint density at radius 2 is 1.77 bits per heavy atom. The van der Waals surface area contributed by atoms with Gasteiger partial charge in [-0.15, -0.1) is 0 Å². The second-order valence-electron chi connectivity index (χ2n) is 4.27. The van der Waals surface area contributed by atoms with E-state index in [4.69, 9.17) is 0 Å². The third-order valence-corrected chi connectivity index (χ3v) is 3.40. The lowest BCUT2D eigenvalue weighted by Crippen LogP contribution is -2.25. The van der Waals surface area contributed by atoms with Crippen molar-refractivity contribution < 1.29 is 0 Å². The van der Waals surface area contributed by atoms with Gasteiger partial charge < -0.3 is 0 Å². The summed E-state index contributed by atoms with van der Waals surface area (Å²) in [6.07, 6.45) is 5.83. The van der Waals surface area contributed by atoms with E-state index in [0.29, 0.717) is 0 Å². The molecule has 13 heavy (non-hydrogen) atoms. The lowest BCUT2D eigenvalue weighted by Gasteiger charge is -2.25. The maximum Gasteiger partial charge on any atom is 0.0282 e. The van der Waals surface area contributed by atoms with Crippen molar-refractivity contribution in [2.24, 2.45) is 11.8 Å². The second-order valence-corrected chi connectivity index (χ2v) is 4.27. The predicted octanol–water partition coefficient (Wildman–Crippen LogP) is 3.32. The molecule has 1 heteroatoms. The zero-order valence-corrected chi connectivity index (χ0v) is 9.42. The minimum absolute atomic E-state index is 0.794. The van der Waals surface area contributed by atoms with Gasteiger partial charge in [-0.2, -0.15) is 0 Å². The Morgan fingerprint density at radius 3 is 2.23 bits per heavy atom. The molecule has 0 bridgehead atoms. The van der Waals surface area contributed by atoms with Gasteiger partial charge in [-0.1, -0.05) is 46.5 Å². The van der Waals surface area contributed by atoms with Crippen LogP contribution in [0.1, 0.15) is 46.5 Å². The van der Waals surface area contributed by atoms with E-state index >= 15 is 0 Å². The molecule has 0 aromatic carbocycles. The average molecular weight is 182 g/mol. The molecule has 0 N–H and O–H groups in total. The number of rotatable bonds is 5. The molecule has 0 saturated heterocycles. The van der Waals surface area contributed by atoms with Crippen LogP contribution in [0.2, 0.25) is 0 Å². The molecule has 77 valence electrons. The molecule has 1 saturated carbocycles. The fourth-order valence-corrected chi connectivity index (χ4v) is 2.37. The van der Waals surface area contributed by atoms with E-state index in [1.165, 1.54) is 25.7 Å². The van der Waals surface area contributed by atoms with E-state index in [2.05, 4.69) is 32.2 Å². The predicted molar refractivity (Wildman–Crippen MR) is 58.3 cm³/mol. The third kappa shape index (κ3) is 3.30. The second kappa shape index (κ2) is 5.64. The molecule has 0 aromatic heterocycles. The van der Waals surface area contributed by atoms with Crippen molar-refractivity contribution in [3.05, 3.63) is 6.54 Å². The first-order valence-electron chi connectivity index (χ1n) is 5.87. The molecular weight excluding hydrogens is 158 g/mol. The van der Waals surface area contributed by atoms with Crippen LogP contribution < -0.4 is 0 Å². The topological polar surface area (TPSA) is 3.24 Å². The molecular formula is C12H24N. The Kier molecular flexibility index (Phi) is 4.79. The van der Waals surface area contributed by atoms with Crippen molar-refractivity contribution >= 4 is 0 Å². The molecule has 1 rings (SSSR count). The Balaban J connectivity index is 2.25. The largest absolute Gasteiger partial charge is 0.299 e. The Morgan fingerprint density at radius 1 is 1.23 bits per heavy atom. The summed E-state index contributed by atoms with van der Waals surface area (Å²) in [6.45, 7) is 11.6. The van der Waals surface area contributed by atoms with E-state index in [0.717, 1.165) is 24.9 Å². The summed E-state index contributed by atoms with van der Waals surface area (Å²) in [5, 5.41) is 0. The van der Waals surface area contributed by atoms with Crippen molar-refractivity contribution in [1.82, 2.24) is 4.90 Å². The molecule has 0 aromatic rings. The Hall–Kier alpha value is -0.0400. The number of hydrogen-bond donors (Lipinski definition) is 0. The average Bonchev–Trinajstić information content (AvgIpc) is 2.66. The molecule has 0 aliphatic heterocycles.